The highest BCUT2D eigenvalue weighted by Gasteiger charge is 2.35. The highest BCUT2D eigenvalue weighted by molar-refractivity contribution is 6.01. The molecule has 1 atom stereocenters. The summed E-state index contributed by atoms with van der Waals surface area (Å²) in [5.74, 6) is 0.484. The van der Waals surface area contributed by atoms with Crippen molar-refractivity contribution in [1.82, 2.24) is 14.9 Å². The van der Waals surface area contributed by atoms with Crippen molar-refractivity contribution in [2.45, 2.75) is 52.5 Å². The van der Waals surface area contributed by atoms with E-state index in [0.717, 1.165) is 36.9 Å². The van der Waals surface area contributed by atoms with Crippen LogP contribution in [0.3, 0.4) is 0 Å². The minimum absolute atomic E-state index is 0.0171. The molecule has 1 aliphatic rings. The number of amides is 2. The molecule has 2 aromatic rings. The van der Waals surface area contributed by atoms with Crippen molar-refractivity contribution in [2.75, 3.05) is 18.0 Å². The van der Waals surface area contributed by atoms with Crippen molar-refractivity contribution in [3.05, 3.63) is 53.6 Å². The third kappa shape index (κ3) is 4.38. The Morgan fingerprint density at radius 2 is 1.96 bits per heavy atom. The van der Waals surface area contributed by atoms with Gasteiger partial charge >= 0.3 is 0 Å². The molecular formula is C22H28N4O2. The zero-order valence-corrected chi connectivity index (χ0v) is 16.9. The molecule has 0 unspecified atom stereocenters. The molecule has 1 fully saturated rings. The molecule has 148 valence electrons. The van der Waals surface area contributed by atoms with E-state index in [1.54, 1.807) is 17.3 Å². The fraction of sp³-hybridized carbons (Fsp3) is 0.455. The van der Waals surface area contributed by atoms with Crippen LogP contribution < -0.4 is 4.90 Å². The lowest BCUT2D eigenvalue weighted by Gasteiger charge is -2.41. The molecule has 1 aromatic carbocycles. The van der Waals surface area contributed by atoms with Crippen molar-refractivity contribution in [3.8, 4) is 0 Å². The van der Waals surface area contributed by atoms with Crippen molar-refractivity contribution in [3.63, 3.8) is 0 Å². The van der Waals surface area contributed by atoms with Crippen LogP contribution in [0.1, 0.15) is 54.9 Å². The normalized spacial score (nSPS) is 17.1. The van der Waals surface area contributed by atoms with E-state index in [4.69, 9.17) is 0 Å². The average Bonchev–Trinajstić information content (AvgIpc) is 2.72. The number of piperazine rings is 1. The van der Waals surface area contributed by atoms with Gasteiger partial charge in [0.2, 0.25) is 5.91 Å². The number of aryl methyl sites for hydroxylation is 2. The average molecular weight is 380 g/mol. The van der Waals surface area contributed by atoms with Gasteiger partial charge in [0.25, 0.3) is 5.91 Å². The summed E-state index contributed by atoms with van der Waals surface area (Å²) in [7, 11) is 0. The predicted molar refractivity (Wildman–Crippen MR) is 109 cm³/mol. The van der Waals surface area contributed by atoms with Gasteiger partial charge in [0.15, 0.2) is 0 Å². The number of rotatable bonds is 6. The van der Waals surface area contributed by atoms with Gasteiger partial charge < -0.3 is 9.80 Å². The molecule has 6 heteroatoms. The van der Waals surface area contributed by atoms with Gasteiger partial charge in [0.05, 0.1) is 11.6 Å². The molecule has 0 aliphatic carbocycles. The van der Waals surface area contributed by atoms with E-state index in [9.17, 15) is 9.59 Å². The zero-order valence-electron chi connectivity index (χ0n) is 16.9. The molecule has 0 radical (unpaired) electrons. The van der Waals surface area contributed by atoms with Crippen molar-refractivity contribution in [1.29, 1.82) is 0 Å². The van der Waals surface area contributed by atoms with Gasteiger partial charge in [-0.05, 0) is 31.0 Å². The summed E-state index contributed by atoms with van der Waals surface area (Å²) in [5.41, 5.74) is 2.45. The summed E-state index contributed by atoms with van der Waals surface area (Å²) in [5, 5.41) is 0. The van der Waals surface area contributed by atoms with E-state index in [1.165, 1.54) is 0 Å². The molecule has 1 aliphatic heterocycles. The van der Waals surface area contributed by atoms with Crippen LogP contribution in [0.5, 0.6) is 0 Å². The minimum Gasteiger partial charge on any atom is -0.324 e. The number of benzene rings is 1. The molecule has 0 saturated carbocycles. The highest BCUT2D eigenvalue weighted by atomic mass is 16.2. The van der Waals surface area contributed by atoms with Crippen molar-refractivity contribution in [2.24, 2.45) is 0 Å². The van der Waals surface area contributed by atoms with Crippen LogP contribution in [0.2, 0.25) is 0 Å². The second kappa shape index (κ2) is 8.95. The van der Waals surface area contributed by atoms with Crippen molar-refractivity contribution < 1.29 is 9.59 Å². The number of carbonyl (C=O) groups excluding carboxylic acids is 2. The van der Waals surface area contributed by atoms with Gasteiger partial charge in [-0.15, -0.1) is 0 Å². The zero-order chi connectivity index (χ0) is 20.1. The topological polar surface area (TPSA) is 66.4 Å². The molecule has 28 heavy (non-hydrogen) atoms. The Balaban J connectivity index is 1.84. The lowest BCUT2D eigenvalue weighted by molar-refractivity contribution is -0.121. The van der Waals surface area contributed by atoms with Crippen LogP contribution in [0.4, 0.5) is 5.69 Å². The van der Waals surface area contributed by atoms with Crippen LogP contribution in [-0.4, -0.2) is 45.8 Å². The SMILES string of the molecule is CCCC[C@@H]1CN(c2cccc(C)c2)C(=O)CN1C(=O)c1cnc(CC)nc1. The Morgan fingerprint density at radius 1 is 1.21 bits per heavy atom. The van der Waals surface area contributed by atoms with E-state index >= 15 is 0 Å². The summed E-state index contributed by atoms with van der Waals surface area (Å²) in [6.07, 6.45) is 6.79. The van der Waals surface area contributed by atoms with E-state index in [2.05, 4.69) is 16.9 Å². The van der Waals surface area contributed by atoms with E-state index in [0.29, 0.717) is 17.9 Å². The largest absolute Gasteiger partial charge is 0.324 e. The highest BCUT2D eigenvalue weighted by Crippen LogP contribution is 2.24. The van der Waals surface area contributed by atoms with Gasteiger partial charge in [0, 0.05) is 31.0 Å². The number of unbranched alkanes of at least 4 members (excludes halogenated alkanes) is 1. The first-order valence-corrected chi connectivity index (χ1v) is 10.0. The molecule has 0 bridgehead atoms. The van der Waals surface area contributed by atoms with Gasteiger partial charge in [-0.25, -0.2) is 9.97 Å². The smallest absolute Gasteiger partial charge is 0.257 e. The Bertz CT molecular complexity index is 835. The molecule has 6 nitrogen and oxygen atoms in total. The Hall–Kier alpha value is -2.76. The second-order valence-corrected chi connectivity index (χ2v) is 7.31. The first-order chi connectivity index (χ1) is 13.5. The predicted octanol–water partition coefficient (Wildman–Crippen LogP) is 3.40. The fourth-order valence-electron chi connectivity index (χ4n) is 3.55. The first kappa shape index (κ1) is 20.0. The monoisotopic (exact) mass is 380 g/mol. The lowest BCUT2D eigenvalue weighted by Crippen LogP contribution is -2.58. The van der Waals surface area contributed by atoms with Gasteiger partial charge in [0.1, 0.15) is 12.4 Å². The summed E-state index contributed by atoms with van der Waals surface area (Å²) in [4.78, 5) is 38.0. The molecule has 3 rings (SSSR count). The summed E-state index contributed by atoms with van der Waals surface area (Å²) < 4.78 is 0. The van der Waals surface area contributed by atoms with Crippen LogP contribution in [0.25, 0.3) is 0 Å². The summed E-state index contributed by atoms with van der Waals surface area (Å²) in [6.45, 7) is 6.72. The standard InChI is InChI=1S/C22H28N4O2/c1-4-6-9-19-14-25(18-10-7-8-16(3)11-18)21(27)15-26(19)22(28)17-12-23-20(5-2)24-13-17/h7-8,10-13,19H,4-6,9,14-15H2,1-3H3/t19-/m1/s1. The molecule has 0 spiro atoms. The number of aromatic nitrogens is 2. The van der Waals surface area contributed by atoms with E-state index < -0.39 is 0 Å². The number of nitrogens with zero attached hydrogens (tertiary/aromatic N) is 4. The molecule has 1 saturated heterocycles. The third-order valence-corrected chi connectivity index (χ3v) is 5.17. The molecule has 1 aromatic heterocycles. The third-order valence-electron chi connectivity index (χ3n) is 5.17. The van der Waals surface area contributed by atoms with Crippen LogP contribution in [0.15, 0.2) is 36.7 Å². The van der Waals surface area contributed by atoms with Crippen LogP contribution in [0, 0.1) is 6.92 Å². The van der Waals surface area contributed by atoms with Gasteiger partial charge in [-0.3, -0.25) is 9.59 Å². The molecule has 2 amide bonds. The number of hydrogen-bond donors (Lipinski definition) is 0. The summed E-state index contributed by atoms with van der Waals surface area (Å²) >= 11 is 0. The fourth-order valence-corrected chi connectivity index (χ4v) is 3.55. The van der Waals surface area contributed by atoms with E-state index in [-0.39, 0.29) is 24.4 Å². The molecule has 0 N–H and O–H groups in total. The minimum atomic E-state index is -0.166. The maximum Gasteiger partial charge on any atom is 0.257 e. The number of carbonyl (C=O) groups is 2. The Kier molecular flexibility index (Phi) is 6.39. The van der Waals surface area contributed by atoms with Crippen LogP contribution >= 0.6 is 0 Å². The van der Waals surface area contributed by atoms with Crippen LogP contribution in [-0.2, 0) is 11.2 Å². The number of anilines is 1. The number of hydrogen-bond acceptors (Lipinski definition) is 4. The molecular weight excluding hydrogens is 352 g/mol. The maximum atomic E-state index is 13.1. The Labute approximate surface area is 166 Å². The first-order valence-electron chi connectivity index (χ1n) is 10.0. The van der Waals surface area contributed by atoms with Gasteiger partial charge in [-0.2, -0.15) is 0 Å². The quantitative estimate of drug-likeness (QED) is 0.770. The summed E-state index contributed by atoms with van der Waals surface area (Å²) in [6, 6.07) is 7.93. The van der Waals surface area contributed by atoms with Gasteiger partial charge in [-0.1, -0.05) is 38.8 Å². The van der Waals surface area contributed by atoms with E-state index in [1.807, 2.05) is 43.0 Å². The lowest BCUT2D eigenvalue weighted by atomic mass is 10.0. The second-order valence-electron chi connectivity index (χ2n) is 7.31. The molecule has 2 heterocycles. The van der Waals surface area contributed by atoms with Crippen molar-refractivity contribution >= 4 is 17.5 Å². The Morgan fingerprint density at radius 3 is 2.61 bits per heavy atom. The maximum absolute atomic E-state index is 13.1.